The summed E-state index contributed by atoms with van der Waals surface area (Å²) in [5, 5.41) is 0. The van der Waals surface area contributed by atoms with E-state index in [1.807, 2.05) is 37.3 Å². The number of nitrogens with zero attached hydrogens (tertiary/aromatic N) is 1. The number of benzene rings is 2. The second-order valence-corrected chi connectivity index (χ2v) is 6.96. The predicted octanol–water partition coefficient (Wildman–Crippen LogP) is 4.55. The van der Waals surface area contributed by atoms with E-state index < -0.39 is 6.10 Å². The summed E-state index contributed by atoms with van der Waals surface area (Å²) in [6, 6.07) is 13.9. The molecule has 0 spiro atoms. The standard InChI is InChI=1S/C22H29NO3/c1-15(2)19-12-11-16(3)13-21(19)26-17(4)22(24)23(5)14-18-9-7-8-10-20(18)25-6/h7-13,15,17H,14H2,1-6H3. The van der Waals surface area contributed by atoms with Gasteiger partial charge in [0.05, 0.1) is 7.11 Å². The van der Waals surface area contributed by atoms with Gasteiger partial charge in [0.2, 0.25) is 0 Å². The molecule has 2 aromatic rings. The molecule has 4 heteroatoms. The van der Waals surface area contributed by atoms with Crippen LogP contribution in [0.25, 0.3) is 0 Å². The van der Waals surface area contributed by atoms with Gasteiger partial charge in [0.15, 0.2) is 6.10 Å². The summed E-state index contributed by atoms with van der Waals surface area (Å²) in [7, 11) is 3.42. The van der Waals surface area contributed by atoms with E-state index in [0.717, 1.165) is 28.2 Å². The monoisotopic (exact) mass is 355 g/mol. The predicted molar refractivity (Wildman–Crippen MR) is 105 cm³/mol. The van der Waals surface area contributed by atoms with E-state index in [-0.39, 0.29) is 5.91 Å². The van der Waals surface area contributed by atoms with Crippen LogP contribution in [-0.2, 0) is 11.3 Å². The van der Waals surface area contributed by atoms with Crippen LogP contribution in [0.4, 0.5) is 0 Å². The largest absolute Gasteiger partial charge is 0.496 e. The number of likely N-dealkylation sites (N-methyl/N-ethyl adjacent to an activating group) is 1. The Bertz CT molecular complexity index is 755. The molecule has 0 saturated carbocycles. The fourth-order valence-corrected chi connectivity index (χ4v) is 2.94. The van der Waals surface area contributed by atoms with Gasteiger partial charge in [-0.25, -0.2) is 0 Å². The van der Waals surface area contributed by atoms with Crippen LogP contribution in [0.5, 0.6) is 11.5 Å². The molecule has 0 aromatic heterocycles. The highest BCUT2D eigenvalue weighted by Gasteiger charge is 2.22. The van der Waals surface area contributed by atoms with Crippen molar-refractivity contribution < 1.29 is 14.3 Å². The summed E-state index contributed by atoms with van der Waals surface area (Å²) in [6.07, 6.45) is -0.561. The lowest BCUT2D eigenvalue weighted by molar-refractivity contribution is -0.137. The van der Waals surface area contributed by atoms with Crippen molar-refractivity contribution in [2.75, 3.05) is 14.2 Å². The van der Waals surface area contributed by atoms with Gasteiger partial charge in [0.1, 0.15) is 11.5 Å². The van der Waals surface area contributed by atoms with Crippen molar-refractivity contribution in [3.63, 3.8) is 0 Å². The summed E-state index contributed by atoms with van der Waals surface area (Å²) < 4.78 is 11.4. The van der Waals surface area contributed by atoms with Crippen molar-refractivity contribution in [3.8, 4) is 11.5 Å². The summed E-state index contributed by atoms with van der Waals surface area (Å²) >= 11 is 0. The summed E-state index contributed by atoms with van der Waals surface area (Å²) in [4.78, 5) is 14.5. The maximum atomic E-state index is 12.8. The van der Waals surface area contributed by atoms with E-state index in [4.69, 9.17) is 9.47 Å². The number of para-hydroxylation sites is 1. The Hall–Kier alpha value is -2.49. The van der Waals surface area contributed by atoms with Gasteiger partial charge in [-0.3, -0.25) is 4.79 Å². The molecule has 0 radical (unpaired) electrons. The average Bonchev–Trinajstić information content (AvgIpc) is 2.61. The minimum atomic E-state index is -0.561. The molecule has 2 rings (SSSR count). The molecule has 26 heavy (non-hydrogen) atoms. The SMILES string of the molecule is COc1ccccc1CN(C)C(=O)C(C)Oc1cc(C)ccc1C(C)C. The van der Waals surface area contributed by atoms with Gasteiger partial charge in [0, 0.05) is 19.2 Å². The number of hydrogen-bond acceptors (Lipinski definition) is 3. The number of carbonyl (C=O) groups excluding carboxylic acids is 1. The Morgan fingerprint density at radius 3 is 2.42 bits per heavy atom. The zero-order valence-corrected chi connectivity index (χ0v) is 16.6. The molecule has 0 fully saturated rings. The van der Waals surface area contributed by atoms with Crippen LogP contribution >= 0.6 is 0 Å². The van der Waals surface area contributed by atoms with Gasteiger partial charge < -0.3 is 14.4 Å². The Kier molecular flexibility index (Phi) is 6.67. The maximum Gasteiger partial charge on any atom is 0.263 e. The molecule has 140 valence electrons. The quantitative estimate of drug-likeness (QED) is 0.731. The number of amides is 1. The number of ether oxygens (including phenoxy) is 2. The molecule has 4 nitrogen and oxygen atoms in total. The third-order valence-electron chi connectivity index (χ3n) is 4.42. The van der Waals surface area contributed by atoms with Crippen molar-refractivity contribution in [2.45, 2.75) is 46.3 Å². The highest BCUT2D eigenvalue weighted by atomic mass is 16.5. The Labute approximate surface area is 156 Å². The molecule has 2 aromatic carbocycles. The summed E-state index contributed by atoms with van der Waals surface area (Å²) in [5.74, 6) is 1.83. The van der Waals surface area contributed by atoms with Gasteiger partial charge in [-0.1, -0.05) is 44.2 Å². The van der Waals surface area contributed by atoms with E-state index >= 15 is 0 Å². The first-order valence-corrected chi connectivity index (χ1v) is 8.97. The molecular formula is C22H29NO3. The zero-order chi connectivity index (χ0) is 19.3. The maximum absolute atomic E-state index is 12.8. The van der Waals surface area contributed by atoms with Crippen LogP contribution in [0.2, 0.25) is 0 Å². The van der Waals surface area contributed by atoms with Crippen LogP contribution in [0.3, 0.4) is 0 Å². The Morgan fingerprint density at radius 1 is 1.08 bits per heavy atom. The fourth-order valence-electron chi connectivity index (χ4n) is 2.94. The number of hydrogen-bond donors (Lipinski definition) is 0. The van der Waals surface area contributed by atoms with Crippen LogP contribution in [0, 0.1) is 6.92 Å². The Balaban J connectivity index is 2.11. The molecule has 0 aliphatic heterocycles. The number of methoxy groups -OCH3 is 1. The van der Waals surface area contributed by atoms with E-state index in [9.17, 15) is 4.79 Å². The highest BCUT2D eigenvalue weighted by Crippen LogP contribution is 2.28. The molecular weight excluding hydrogens is 326 g/mol. The molecule has 1 amide bonds. The highest BCUT2D eigenvalue weighted by molar-refractivity contribution is 5.80. The van der Waals surface area contributed by atoms with E-state index in [2.05, 4.69) is 26.0 Å². The molecule has 0 heterocycles. The number of rotatable bonds is 7. The molecule has 1 atom stereocenters. The van der Waals surface area contributed by atoms with Crippen LogP contribution in [0.15, 0.2) is 42.5 Å². The summed E-state index contributed by atoms with van der Waals surface area (Å²) in [6.45, 7) is 8.54. The minimum Gasteiger partial charge on any atom is -0.496 e. The lowest BCUT2D eigenvalue weighted by Crippen LogP contribution is -2.37. The first kappa shape index (κ1) is 19.8. The van der Waals surface area contributed by atoms with Crippen molar-refractivity contribution in [1.29, 1.82) is 0 Å². The first-order chi connectivity index (χ1) is 12.3. The van der Waals surface area contributed by atoms with Crippen LogP contribution in [0.1, 0.15) is 43.4 Å². The molecule has 0 aliphatic carbocycles. The van der Waals surface area contributed by atoms with E-state index in [0.29, 0.717) is 12.5 Å². The van der Waals surface area contributed by atoms with E-state index in [1.165, 1.54) is 0 Å². The van der Waals surface area contributed by atoms with Crippen molar-refractivity contribution in [3.05, 3.63) is 59.2 Å². The first-order valence-electron chi connectivity index (χ1n) is 8.97. The van der Waals surface area contributed by atoms with Gasteiger partial charge in [-0.2, -0.15) is 0 Å². The minimum absolute atomic E-state index is 0.0629. The molecule has 0 bridgehead atoms. The molecule has 0 saturated heterocycles. The average molecular weight is 355 g/mol. The fraction of sp³-hybridized carbons (Fsp3) is 0.409. The number of aryl methyl sites for hydroxylation is 1. The topological polar surface area (TPSA) is 38.8 Å². The molecule has 1 unspecified atom stereocenters. The van der Waals surface area contributed by atoms with Crippen molar-refractivity contribution in [2.24, 2.45) is 0 Å². The van der Waals surface area contributed by atoms with Crippen LogP contribution in [-0.4, -0.2) is 31.1 Å². The lowest BCUT2D eigenvalue weighted by Gasteiger charge is -2.24. The van der Waals surface area contributed by atoms with E-state index in [1.54, 1.807) is 26.0 Å². The summed E-state index contributed by atoms with van der Waals surface area (Å²) in [5.41, 5.74) is 3.20. The third kappa shape index (κ3) is 4.78. The molecule has 0 N–H and O–H groups in total. The zero-order valence-electron chi connectivity index (χ0n) is 16.6. The normalized spacial score (nSPS) is 12.0. The second kappa shape index (κ2) is 8.75. The molecule has 0 aliphatic rings. The number of carbonyl (C=O) groups is 1. The lowest BCUT2D eigenvalue weighted by atomic mass is 10.0. The van der Waals surface area contributed by atoms with Crippen molar-refractivity contribution >= 4 is 5.91 Å². The second-order valence-electron chi connectivity index (χ2n) is 6.96. The van der Waals surface area contributed by atoms with Gasteiger partial charge in [-0.05, 0) is 43.0 Å². The van der Waals surface area contributed by atoms with Gasteiger partial charge in [0.25, 0.3) is 5.91 Å². The Morgan fingerprint density at radius 2 is 1.77 bits per heavy atom. The van der Waals surface area contributed by atoms with Crippen LogP contribution < -0.4 is 9.47 Å². The van der Waals surface area contributed by atoms with Gasteiger partial charge >= 0.3 is 0 Å². The van der Waals surface area contributed by atoms with Crippen molar-refractivity contribution in [1.82, 2.24) is 4.90 Å². The third-order valence-corrected chi connectivity index (χ3v) is 4.42. The smallest absolute Gasteiger partial charge is 0.263 e. The van der Waals surface area contributed by atoms with Gasteiger partial charge in [-0.15, -0.1) is 0 Å².